The highest BCUT2D eigenvalue weighted by Crippen LogP contribution is 2.29. The second-order valence-corrected chi connectivity index (χ2v) is 9.29. The molecule has 10 nitrogen and oxygen atoms in total. The van der Waals surface area contributed by atoms with Gasteiger partial charge in [0.05, 0.1) is 5.56 Å². The minimum Gasteiger partial charge on any atom is -0.351 e. The van der Waals surface area contributed by atoms with Crippen LogP contribution in [0, 0.1) is 0 Å². The molecule has 1 atom stereocenters. The molecule has 2 aromatic rings. The Labute approximate surface area is 207 Å². The van der Waals surface area contributed by atoms with Gasteiger partial charge in [-0.2, -0.15) is 4.99 Å². The first-order valence-corrected chi connectivity index (χ1v) is 12.3. The molecule has 0 spiro atoms. The number of anilines is 1. The highest BCUT2D eigenvalue weighted by molar-refractivity contribution is 8.15. The van der Waals surface area contributed by atoms with E-state index in [1.54, 1.807) is 42.6 Å². The number of likely N-dealkylation sites (tertiary alicyclic amines) is 1. The fourth-order valence-corrected chi connectivity index (χ4v) is 4.81. The van der Waals surface area contributed by atoms with Crippen molar-refractivity contribution in [3.8, 4) is 0 Å². The summed E-state index contributed by atoms with van der Waals surface area (Å²) in [4.78, 5) is 59.0. The van der Waals surface area contributed by atoms with Crippen LogP contribution in [0.1, 0.15) is 40.0 Å². The Hall–Kier alpha value is -3.73. The van der Waals surface area contributed by atoms with Crippen LogP contribution in [0.4, 0.5) is 5.69 Å². The van der Waals surface area contributed by atoms with Crippen molar-refractivity contribution in [3.63, 3.8) is 0 Å². The molecule has 1 aromatic heterocycles. The van der Waals surface area contributed by atoms with Gasteiger partial charge in [-0.1, -0.05) is 11.8 Å². The number of aromatic nitrogens is 1. The van der Waals surface area contributed by atoms with Crippen molar-refractivity contribution in [1.82, 2.24) is 20.5 Å². The van der Waals surface area contributed by atoms with Crippen LogP contribution in [0.3, 0.4) is 0 Å². The number of amidine groups is 1. The number of carbonyl (C=O) groups excluding carboxylic acids is 4. The number of hydrogen-bond acceptors (Lipinski definition) is 7. The van der Waals surface area contributed by atoms with E-state index in [-0.39, 0.29) is 43.1 Å². The molecule has 35 heavy (non-hydrogen) atoms. The summed E-state index contributed by atoms with van der Waals surface area (Å²) in [6, 6.07) is 9.80. The number of amides is 4. The van der Waals surface area contributed by atoms with Crippen molar-refractivity contribution in [2.75, 3.05) is 31.5 Å². The Bertz CT molecular complexity index is 1120. The second-order valence-electron chi connectivity index (χ2n) is 8.12. The molecular weight excluding hydrogens is 468 g/mol. The average molecular weight is 495 g/mol. The van der Waals surface area contributed by atoms with Crippen molar-refractivity contribution >= 4 is 46.2 Å². The highest BCUT2D eigenvalue weighted by atomic mass is 32.2. The summed E-state index contributed by atoms with van der Waals surface area (Å²) in [5, 5.41) is 8.42. The van der Waals surface area contributed by atoms with Gasteiger partial charge in [-0.3, -0.25) is 24.2 Å². The van der Waals surface area contributed by atoms with Crippen molar-refractivity contribution in [3.05, 3.63) is 59.9 Å². The minimum atomic E-state index is -0.505. The number of nitrogens with one attached hydrogen (secondary N) is 3. The summed E-state index contributed by atoms with van der Waals surface area (Å²) in [6.45, 7) is 2.34. The molecule has 4 amide bonds. The van der Waals surface area contributed by atoms with Crippen LogP contribution >= 0.6 is 11.8 Å². The van der Waals surface area contributed by atoms with Crippen LogP contribution in [-0.2, 0) is 9.59 Å². The quantitative estimate of drug-likeness (QED) is 0.476. The Morgan fingerprint density at radius 3 is 2.31 bits per heavy atom. The standard InChI is InChI=1S/C24H26N6O4S/c31-20(14-19-23(34)29-24(35-19)30-12-1-2-13-30)28-18-7-5-16(6-8-18)21(32)26-10-11-27-22(33)17-4-3-9-25-15-17/h3-9,15,19H,1-2,10-14H2,(H,26,32)(H,27,33)(H,28,31). The predicted octanol–water partition coefficient (Wildman–Crippen LogP) is 1.66. The zero-order valence-corrected chi connectivity index (χ0v) is 19.8. The summed E-state index contributed by atoms with van der Waals surface area (Å²) in [5.41, 5.74) is 1.41. The van der Waals surface area contributed by atoms with Crippen LogP contribution < -0.4 is 16.0 Å². The number of nitrogens with zero attached hydrogens (tertiary/aromatic N) is 3. The molecule has 1 saturated heterocycles. The van der Waals surface area contributed by atoms with E-state index in [2.05, 4.69) is 30.8 Å². The summed E-state index contributed by atoms with van der Waals surface area (Å²) in [5.74, 6) is -1.10. The van der Waals surface area contributed by atoms with Gasteiger partial charge in [0, 0.05) is 56.2 Å². The first-order chi connectivity index (χ1) is 17.0. The molecule has 11 heteroatoms. The fourth-order valence-electron chi connectivity index (χ4n) is 3.69. The normalized spacial score (nSPS) is 17.1. The van der Waals surface area contributed by atoms with E-state index < -0.39 is 5.25 Å². The predicted molar refractivity (Wildman–Crippen MR) is 133 cm³/mol. The van der Waals surface area contributed by atoms with Gasteiger partial charge in [-0.15, -0.1) is 0 Å². The minimum absolute atomic E-state index is 0.0390. The third kappa shape index (κ3) is 6.66. The van der Waals surface area contributed by atoms with E-state index in [1.165, 1.54) is 18.0 Å². The summed E-state index contributed by atoms with van der Waals surface area (Å²) in [7, 11) is 0. The van der Waals surface area contributed by atoms with Crippen LogP contribution in [-0.4, -0.2) is 70.1 Å². The lowest BCUT2D eigenvalue weighted by Gasteiger charge is -2.16. The second kappa shape index (κ2) is 11.6. The number of hydrogen-bond donors (Lipinski definition) is 3. The summed E-state index contributed by atoms with van der Waals surface area (Å²) in [6.07, 6.45) is 5.28. The zero-order valence-electron chi connectivity index (χ0n) is 19.0. The molecule has 3 N–H and O–H groups in total. The Kier molecular flexibility index (Phi) is 8.09. The fraction of sp³-hybridized carbons (Fsp3) is 0.333. The summed E-state index contributed by atoms with van der Waals surface area (Å²) >= 11 is 1.35. The molecule has 1 fully saturated rings. The first-order valence-electron chi connectivity index (χ1n) is 11.4. The molecule has 0 bridgehead atoms. The molecule has 182 valence electrons. The van der Waals surface area contributed by atoms with Crippen molar-refractivity contribution in [2.24, 2.45) is 4.99 Å². The van der Waals surface area contributed by atoms with E-state index in [0.29, 0.717) is 16.8 Å². The largest absolute Gasteiger partial charge is 0.351 e. The Balaban J connectivity index is 1.18. The molecule has 0 radical (unpaired) electrons. The molecule has 3 heterocycles. The maximum Gasteiger partial charge on any atom is 0.262 e. The molecule has 2 aliphatic heterocycles. The van der Waals surface area contributed by atoms with E-state index >= 15 is 0 Å². The van der Waals surface area contributed by atoms with Crippen molar-refractivity contribution in [2.45, 2.75) is 24.5 Å². The maximum absolute atomic E-state index is 12.4. The molecule has 0 aliphatic carbocycles. The molecule has 4 rings (SSSR count). The van der Waals surface area contributed by atoms with Gasteiger partial charge >= 0.3 is 0 Å². The lowest BCUT2D eigenvalue weighted by atomic mass is 10.2. The lowest BCUT2D eigenvalue weighted by molar-refractivity contribution is -0.121. The highest BCUT2D eigenvalue weighted by Gasteiger charge is 2.33. The average Bonchev–Trinajstić information content (AvgIpc) is 3.53. The van der Waals surface area contributed by atoms with Crippen molar-refractivity contribution in [1.29, 1.82) is 0 Å². The van der Waals surface area contributed by atoms with E-state index in [4.69, 9.17) is 0 Å². The monoisotopic (exact) mass is 494 g/mol. The van der Waals surface area contributed by atoms with Gasteiger partial charge in [-0.05, 0) is 49.2 Å². The summed E-state index contributed by atoms with van der Waals surface area (Å²) < 4.78 is 0. The molecule has 1 aromatic carbocycles. The van der Waals surface area contributed by atoms with Gasteiger partial charge in [0.25, 0.3) is 17.7 Å². The van der Waals surface area contributed by atoms with E-state index in [0.717, 1.165) is 31.1 Å². The smallest absolute Gasteiger partial charge is 0.262 e. The van der Waals surface area contributed by atoms with E-state index in [9.17, 15) is 19.2 Å². The molecule has 2 aliphatic rings. The zero-order chi connectivity index (χ0) is 24.6. The van der Waals surface area contributed by atoms with Crippen LogP contribution in [0.2, 0.25) is 0 Å². The van der Waals surface area contributed by atoms with Crippen LogP contribution in [0.5, 0.6) is 0 Å². The number of rotatable bonds is 8. The number of carbonyl (C=O) groups is 4. The Morgan fingerprint density at radius 1 is 0.971 bits per heavy atom. The number of pyridine rings is 1. The first kappa shape index (κ1) is 24.4. The van der Waals surface area contributed by atoms with Crippen LogP contribution in [0.15, 0.2) is 53.8 Å². The maximum atomic E-state index is 12.4. The van der Waals surface area contributed by atoms with E-state index in [1.807, 2.05) is 0 Å². The molecular formula is C24H26N6O4S. The lowest BCUT2D eigenvalue weighted by Crippen LogP contribution is -2.34. The third-order valence-corrected chi connectivity index (χ3v) is 6.74. The topological polar surface area (TPSA) is 133 Å². The molecule has 0 saturated carbocycles. The van der Waals surface area contributed by atoms with Gasteiger partial charge in [0.2, 0.25) is 5.91 Å². The number of aliphatic imine (C=N–C) groups is 1. The van der Waals surface area contributed by atoms with Gasteiger partial charge in [0.1, 0.15) is 5.25 Å². The van der Waals surface area contributed by atoms with Gasteiger partial charge in [0.15, 0.2) is 5.17 Å². The SMILES string of the molecule is O=C(CC1SC(N2CCCC2)=NC1=O)Nc1ccc(C(=O)NCCNC(=O)c2cccnc2)cc1. The number of thioether (sulfide) groups is 1. The van der Waals surface area contributed by atoms with Crippen LogP contribution in [0.25, 0.3) is 0 Å². The van der Waals surface area contributed by atoms with Gasteiger partial charge < -0.3 is 20.9 Å². The molecule has 1 unspecified atom stereocenters. The Morgan fingerprint density at radius 2 is 1.66 bits per heavy atom. The number of benzene rings is 1. The van der Waals surface area contributed by atoms with Crippen molar-refractivity contribution < 1.29 is 19.2 Å². The third-order valence-electron chi connectivity index (χ3n) is 5.53. The van der Waals surface area contributed by atoms with Gasteiger partial charge in [-0.25, -0.2) is 0 Å².